The molecule has 0 radical (unpaired) electrons. The number of nitrogens with one attached hydrogen (secondary N) is 2. The van der Waals surface area contributed by atoms with Crippen molar-refractivity contribution in [3.05, 3.63) is 29.8 Å². The quantitative estimate of drug-likeness (QED) is 0.698. The maximum Gasteiger partial charge on any atom is 0.269 e. The van der Waals surface area contributed by atoms with Gasteiger partial charge < -0.3 is 4.90 Å². The Balaban J connectivity index is 1.84. The summed E-state index contributed by atoms with van der Waals surface area (Å²) in [5.74, 6) is -0.993. The molecular weight excluding hydrogens is 368 g/mol. The van der Waals surface area contributed by atoms with Gasteiger partial charge in [0.2, 0.25) is 15.9 Å². The number of nitrogens with zero attached hydrogens (tertiary/aromatic N) is 2. The lowest BCUT2D eigenvalue weighted by molar-refractivity contribution is -0.126. The summed E-state index contributed by atoms with van der Waals surface area (Å²) in [7, 11) is -3.22. The van der Waals surface area contributed by atoms with E-state index in [1.54, 1.807) is 12.1 Å². The van der Waals surface area contributed by atoms with Crippen molar-refractivity contribution >= 4 is 27.5 Å². The molecule has 1 saturated heterocycles. The van der Waals surface area contributed by atoms with Gasteiger partial charge in [-0.3, -0.25) is 20.4 Å². The summed E-state index contributed by atoms with van der Waals surface area (Å²) in [6.45, 7) is 6.54. The standard InChI is InChI=1S/C18H28N4O4S/c1-4-21(5-2)16-8-6-14(7-9-16)17(23)19-20-18(24)15-10-12-22(13-11-15)27(3,25)26/h6-9,15H,4-5,10-13H2,1-3H3,(H,19,23)(H,20,24). The molecule has 1 heterocycles. The molecule has 0 aliphatic carbocycles. The molecule has 0 aromatic heterocycles. The van der Waals surface area contributed by atoms with E-state index in [9.17, 15) is 18.0 Å². The number of hydrazine groups is 1. The van der Waals surface area contributed by atoms with Gasteiger partial charge in [0.15, 0.2) is 0 Å². The van der Waals surface area contributed by atoms with Crippen LogP contribution in [0.5, 0.6) is 0 Å². The van der Waals surface area contributed by atoms with Crippen LogP contribution >= 0.6 is 0 Å². The van der Waals surface area contributed by atoms with E-state index in [2.05, 4.69) is 29.6 Å². The SMILES string of the molecule is CCN(CC)c1ccc(C(=O)NNC(=O)C2CCN(S(C)(=O)=O)CC2)cc1. The largest absolute Gasteiger partial charge is 0.372 e. The molecule has 1 aromatic carbocycles. The number of hydrogen-bond donors (Lipinski definition) is 2. The van der Waals surface area contributed by atoms with Crippen LogP contribution in [0.1, 0.15) is 37.0 Å². The van der Waals surface area contributed by atoms with Crippen LogP contribution < -0.4 is 15.8 Å². The number of carbonyl (C=O) groups excluding carboxylic acids is 2. The van der Waals surface area contributed by atoms with Crippen LogP contribution in [0.4, 0.5) is 5.69 Å². The number of hydrogen-bond acceptors (Lipinski definition) is 5. The molecule has 1 aromatic rings. The summed E-state index contributed by atoms with van der Waals surface area (Å²) in [6.07, 6.45) is 2.04. The molecule has 2 rings (SSSR count). The highest BCUT2D eigenvalue weighted by Crippen LogP contribution is 2.19. The summed E-state index contributed by atoms with van der Waals surface area (Å²) in [4.78, 5) is 26.6. The summed E-state index contributed by atoms with van der Waals surface area (Å²) < 4.78 is 24.4. The van der Waals surface area contributed by atoms with Gasteiger partial charge in [0.25, 0.3) is 5.91 Å². The lowest BCUT2D eigenvalue weighted by atomic mass is 9.98. The molecule has 1 fully saturated rings. The van der Waals surface area contributed by atoms with Crippen LogP contribution in [0, 0.1) is 5.92 Å². The molecule has 0 bridgehead atoms. The number of anilines is 1. The third-order valence-corrected chi connectivity index (χ3v) is 6.15. The average Bonchev–Trinajstić information content (AvgIpc) is 2.66. The number of sulfonamides is 1. The molecule has 27 heavy (non-hydrogen) atoms. The van der Waals surface area contributed by atoms with Crippen molar-refractivity contribution in [3.8, 4) is 0 Å². The molecule has 1 aliphatic rings. The van der Waals surface area contributed by atoms with E-state index in [1.165, 1.54) is 10.6 Å². The van der Waals surface area contributed by atoms with Crippen molar-refractivity contribution in [3.63, 3.8) is 0 Å². The molecule has 0 unspecified atom stereocenters. The highest BCUT2D eigenvalue weighted by atomic mass is 32.2. The maximum absolute atomic E-state index is 12.2. The smallest absolute Gasteiger partial charge is 0.269 e. The fourth-order valence-corrected chi connectivity index (χ4v) is 4.03. The molecule has 0 spiro atoms. The minimum atomic E-state index is -3.22. The normalized spacial score (nSPS) is 16.0. The van der Waals surface area contributed by atoms with Crippen LogP contribution in [0.3, 0.4) is 0 Å². The van der Waals surface area contributed by atoms with Gasteiger partial charge in [-0.1, -0.05) is 0 Å². The molecule has 2 amide bonds. The van der Waals surface area contributed by atoms with Crippen molar-refractivity contribution in [1.82, 2.24) is 15.2 Å². The monoisotopic (exact) mass is 396 g/mol. The van der Waals surface area contributed by atoms with Crippen LogP contribution in [0.15, 0.2) is 24.3 Å². The lowest BCUT2D eigenvalue weighted by Crippen LogP contribution is -2.48. The first-order valence-corrected chi connectivity index (χ1v) is 11.0. The van der Waals surface area contributed by atoms with Gasteiger partial charge in [0, 0.05) is 43.3 Å². The van der Waals surface area contributed by atoms with Crippen molar-refractivity contribution in [2.75, 3.05) is 37.3 Å². The number of amides is 2. The Bertz CT molecular complexity index is 752. The zero-order valence-corrected chi connectivity index (χ0v) is 16.9. The summed E-state index contributed by atoms with van der Waals surface area (Å²) in [5.41, 5.74) is 6.37. The van der Waals surface area contributed by atoms with Crippen molar-refractivity contribution in [2.45, 2.75) is 26.7 Å². The first kappa shape index (κ1) is 21.2. The van der Waals surface area contributed by atoms with Gasteiger partial charge in [0.1, 0.15) is 0 Å². The van der Waals surface area contributed by atoms with E-state index in [0.717, 1.165) is 18.8 Å². The number of piperidine rings is 1. The summed E-state index contributed by atoms with van der Waals surface area (Å²) >= 11 is 0. The Morgan fingerprint density at radius 2 is 1.63 bits per heavy atom. The first-order valence-electron chi connectivity index (χ1n) is 9.16. The Hall–Kier alpha value is -2.13. The minimum Gasteiger partial charge on any atom is -0.372 e. The van der Waals surface area contributed by atoms with E-state index in [0.29, 0.717) is 31.5 Å². The molecule has 150 valence electrons. The zero-order chi connectivity index (χ0) is 20.0. The molecule has 0 saturated carbocycles. The summed E-state index contributed by atoms with van der Waals surface area (Å²) in [5, 5.41) is 0. The van der Waals surface area contributed by atoms with Gasteiger partial charge in [0.05, 0.1) is 6.26 Å². The predicted octanol–water partition coefficient (Wildman–Crippen LogP) is 0.965. The second-order valence-electron chi connectivity index (χ2n) is 6.60. The highest BCUT2D eigenvalue weighted by molar-refractivity contribution is 7.88. The van der Waals surface area contributed by atoms with Gasteiger partial charge >= 0.3 is 0 Å². The van der Waals surface area contributed by atoms with Crippen molar-refractivity contribution < 1.29 is 18.0 Å². The molecule has 1 aliphatic heterocycles. The molecule has 9 heteroatoms. The third kappa shape index (κ3) is 5.67. The Kier molecular flexibility index (Phi) is 7.20. The fourth-order valence-electron chi connectivity index (χ4n) is 3.15. The molecule has 8 nitrogen and oxygen atoms in total. The predicted molar refractivity (Wildman–Crippen MR) is 105 cm³/mol. The van der Waals surface area contributed by atoms with Gasteiger partial charge in [-0.15, -0.1) is 0 Å². The van der Waals surface area contributed by atoms with Crippen LogP contribution in [0.25, 0.3) is 0 Å². The van der Waals surface area contributed by atoms with Crippen LogP contribution in [-0.4, -0.2) is 57.0 Å². The van der Waals surface area contributed by atoms with Crippen molar-refractivity contribution in [2.24, 2.45) is 5.92 Å². The zero-order valence-electron chi connectivity index (χ0n) is 16.1. The van der Waals surface area contributed by atoms with E-state index >= 15 is 0 Å². The number of carbonyl (C=O) groups is 2. The molecule has 0 atom stereocenters. The number of benzene rings is 1. The van der Waals surface area contributed by atoms with Gasteiger partial charge in [-0.05, 0) is 51.0 Å². The lowest BCUT2D eigenvalue weighted by Gasteiger charge is -2.29. The van der Waals surface area contributed by atoms with Gasteiger partial charge in [-0.25, -0.2) is 12.7 Å². The topological polar surface area (TPSA) is 98.8 Å². The molecule has 2 N–H and O–H groups in total. The Morgan fingerprint density at radius 3 is 2.11 bits per heavy atom. The van der Waals surface area contributed by atoms with Crippen molar-refractivity contribution in [1.29, 1.82) is 0 Å². The fraction of sp³-hybridized carbons (Fsp3) is 0.556. The Morgan fingerprint density at radius 1 is 1.07 bits per heavy atom. The number of rotatable bonds is 6. The maximum atomic E-state index is 12.2. The highest BCUT2D eigenvalue weighted by Gasteiger charge is 2.29. The van der Waals surface area contributed by atoms with Crippen LogP contribution in [-0.2, 0) is 14.8 Å². The summed E-state index contributed by atoms with van der Waals surface area (Å²) in [6, 6.07) is 7.20. The van der Waals surface area contributed by atoms with Crippen LogP contribution in [0.2, 0.25) is 0 Å². The first-order chi connectivity index (χ1) is 12.8. The second kappa shape index (κ2) is 9.18. The second-order valence-corrected chi connectivity index (χ2v) is 8.58. The van der Waals surface area contributed by atoms with E-state index in [1.807, 2.05) is 12.1 Å². The molecular formula is C18H28N4O4S. The van der Waals surface area contributed by atoms with E-state index < -0.39 is 10.0 Å². The van der Waals surface area contributed by atoms with Gasteiger partial charge in [-0.2, -0.15) is 0 Å². The minimum absolute atomic E-state index is 0.295. The van der Waals surface area contributed by atoms with E-state index in [-0.39, 0.29) is 17.7 Å². The Labute approximate surface area is 160 Å². The average molecular weight is 397 g/mol. The van der Waals surface area contributed by atoms with E-state index in [4.69, 9.17) is 0 Å². The third-order valence-electron chi connectivity index (χ3n) is 4.85.